The molecule has 5 nitrogen and oxygen atoms in total. The van der Waals surface area contributed by atoms with Gasteiger partial charge in [0.25, 0.3) is 0 Å². The third-order valence-corrected chi connectivity index (χ3v) is 6.12. The second kappa shape index (κ2) is 8.66. The predicted octanol–water partition coefficient (Wildman–Crippen LogP) is 1.58. The first-order valence-corrected chi connectivity index (χ1v) is 10.0. The van der Waals surface area contributed by atoms with Gasteiger partial charge in [0.2, 0.25) is 0 Å². The second-order valence-corrected chi connectivity index (χ2v) is 10.4. The summed E-state index contributed by atoms with van der Waals surface area (Å²) >= 11 is 0. The van der Waals surface area contributed by atoms with E-state index in [1.807, 2.05) is 0 Å². The number of unbranched alkanes of at least 4 members (excludes halogenated alkanes) is 1. The monoisotopic (exact) mass is 359 g/mol. The summed E-state index contributed by atoms with van der Waals surface area (Å²) < 4.78 is 1.85. The summed E-state index contributed by atoms with van der Waals surface area (Å²) in [7, 11) is 6.92. The van der Waals surface area contributed by atoms with Crippen LogP contribution in [0.1, 0.15) is 53.4 Å². The molecule has 0 aliphatic carbocycles. The number of nitrogens with zero attached hydrogens (tertiary/aromatic N) is 2. The smallest absolute Gasteiger partial charge is 0.102 e. The molecule has 0 aromatic carbocycles. The lowest BCUT2D eigenvalue weighted by molar-refractivity contribution is -0.921. The summed E-state index contributed by atoms with van der Waals surface area (Å²) in [4.78, 5) is 0. The van der Waals surface area contributed by atoms with E-state index in [0.717, 1.165) is 35.0 Å². The Kier molecular flexibility index (Phi) is 7.91. The van der Waals surface area contributed by atoms with Crippen LogP contribution in [0.15, 0.2) is 0 Å². The van der Waals surface area contributed by atoms with Gasteiger partial charge in [0, 0.05) is 36.8 Å². The topological polar surface area (TPSA) is 52.5 Å². The number of piperidine rings is 1. The van der Waals surface area contributed by atoms with E-state index < -0.39 is 0 Å². The average Bonchev–Trinajstić information content (AvgIpc) is 2.41. The molecule has 150 valence electrons. The van der Waals surface area contributed by atoms with E-state index in [0.29, 0.717) is 6.04 Å². The van der Waals surface area contributed by atoms with E-state index in [2.05, 4.69) is 54.2 Å². The zero-order valence-electron chi connectivity index (χ0n) is 17.9. The van der Waals surface area contributed by atoms with Crippen LogP contribution in [-0.4, -0.2) is 96.8 Å². The summed E-state index contributed by atoms with van der Waals surface area (Å²) in [5.74, 6) is 0. The fourth-order valence-electron chi connectivity index (χ4n) is 4.78. The van der Waals surface area contributed by atoms with Crippen molar-refractivity contribution in [3.05, 3.63) is 0 Å². The van der Waals surface area contributed by atoms with Crippen LogP contribution in [0.3, 0.4) is 0 Å². The SMILES string of the molecule is CC1(C)CC([N+](C)(C)CCCC[N+](C)(CCO)CCO)CC(C)(C)N1. The molecule has 25 heavy (non-hydrogen) atoms. The average molecular weight is 360 g/mol. The van der Waals surface area contributed by atoms with Gasteiger partial charge in [-0.25, -0.2) is 0 Å². The molecule has 1 fully saturated rings. The Morgan fingerprint density at radius 1 is 0.800 bits per heavy atom. The van der Waals surface area contributed by atoms with Crippen LogP contribution >= 0.6 is 0 Å². The number of hydrogen-bond acceptors (Lipinski definition) is 3. The van der Waals surface area contributed by atoms with E-state index in [9.17, 15) is 10.2 Å². The molecule has 1 rings (SSSR count). The van der Waals surface area contributed by atoms with Crippen molar-refractivity contribution in [3.63, 3.8) is 0 Å². The lowest BCUT2D eigenvalue weighted by Gasteiger charge is -2.51. The Morgan fingerprint density at radius 3 is 1.68 bits per heavy atom. The van der Waals surface area contributed by atoms with E-state index in [-0.39, 0.29) is 24.3 Å². The molecule has 1 aliphatic heterocycles. The summed E-state index contributed by atoms with van der Waals surface area (Å²) in [6, 6.07) is 0.682. The van der Waals surface area contributed by atoms with E-state index in [4.69, 9.17) is 0 Å². The Labute approximate surface area is 156 Å². The largest absolute Gasteiger partial charge is 0.391 e. The zero-order valence-corrected chi connectivity index (χ0v) is 17.9. The number of quaternary nitrogens is 2. The molecule has 0 bridgehead atoms. The van der Waals surface area contributed by atoms with Gasteiger partial charge < -0.3 is 24.5 Å². The van der Waals surface area contributed by atoms with Crippen LogP contribution in [0.5, 0.6) is 0 Å². The Bertz CT molecular complexity index is 386. The van der Waals surface area contributed by atoms with Gasteiger partial charge in [0.1, 0.15) is 13.1 Å². The molecular weight excluding hydrogens is 314 g/mol. The number of aliphatic hydroxyl groups is 2. The third-order valence-electron chi connectivity index (χ3n) is 6.12. The van der Waals surface area contributed by atoms with Crippen LogP contribution in [0.25, 0.3) is 0 Å². The van der Waals surface area contributed by atoms with Gasteiger partial charge in [-0.15, -0.1) is 0 Å². The third kappa shape index (κ3) is 7.51. The maximum absolute atomic E-state index is 9.28. The fraction of sp³-hybridized carbons (Fsp3) is 1.00. The van der Waals surface area contributed by atoms with Gasteiger partial charge in [-0.1, -0.05) is 0 Å². The summed E-state index contributed by atoms with van der Waals surface area (Å²) in [5, 5.41) is 22.3. The molecule has 0 aromatic rings. The number of nitrogens with one attached hydrogen (secondary N) is 1. The minimum atomic E-state index is 0.192. The van der Waals surface area contributed by atoms with Crippen LogP contribution in [0, 0.1) is 0 Å². The first-order valence-electron chi connectivity index (χ1n) is 10.0. The summed E-state index contributed by atoms with van der Waals surface area (Å²) in [6.07, 6.45) is 4.77. The molecule has 1 heterocycles. The molecule has 0 spiro atoms. The molecule has 0 amide bonds. The molecule has 1 aliphatic rings. The maximum Gasteiger partial charge on any atom is 0.102 e. The van der Waals surface area contributed by atoms with Crippen molar-refractivity contribution in [2.45, 2.75) is 70.5 Å². The lowest BCUT2D eigenvalue weighted by Crippen LogP contribution is -2.65. The molecule has 5 heteroatoms. The highest BCUT2D eigenvalue weighted by atomic mass is 16.3. The van der Waals surface area contributed by atoms with Gasteiger partial charge in [-0.05, 0) is 27.7 Å². The molecule has 0 unspecified atom stereocenters. The quantitative estimate of drug-likeness (QED) is 0.410. The van der Waals surface area contributed by atoms with Crippen molar-refractivity contribution in [3.8, 4) is 0 Å². The van der Waals surface area contributed by atoms with Crippen molar-refractivity contribution < 1.29 is 19.2 Å². The fourth-order valence-corrected chi connectivity index (χ4v) is 4.78. The van der Waals surface area contributed by atoms with Crippen molar-refractivity contribution in [2.75, 3.05) is 60.5 Å². The van der Waals surface area contributed by atoms with E-state index in [1.54, 1.807) is 0 Å². The Morgan fingerprint density at radius 2 is 1.24 bits per heavy atom. The van der Waals surface area contributed by atoms with E-state index >= 15 is 0 Å². The highest BCUT2D eigenvalue weighted by Crippen LogP contribution is 2.33. The predicted molar refractivity (Wildman–Crippen MR) is 105 cm³/mol. The van der Waals surface area contributed by atoms with Gasteiger partial charge in [0.15, 0.2) is 0 Å². The van der Waals surface area contributed by atoms with Crippen molar-refractivity contribution in [2.24, 2.45) is 0 Å². The Balaban J connectivity index is 2.55. The van der Waals surface area contributed by atoms with Crippen LogP contribution in [0.4, 0.5) is 0 Å². The first-order chi connectivity index (χ1) is 11.3. The second-order valence-electron chi connectivity index (χ2n) is 10.4. The summed E-state index contributed by atoms with van der Waals surface area (Å²) in [6.45, 7) is 13.4. The standard InChI is InChI=1S/C20H45N3O2/c1-19(2)16-18(17-20(3,4)21-19)22(5,6)10-8-9-11-23(7,12-14-24)13-15-25/h18,21,24-25H,8-17H2,1-7H3/q+2. The number of likely N-dealkylation sites (N-methyl/N-ethyl adjacent to an activating group) is 1. The molecular formula is C20H45N3O2+2. The zero-order chi connectivity index (χ0) is 19.4. The number of aliphatic hydroxyl groups excluding tert-OH is 2. The van der Waals surface area contributed by atoms with Gasteiger partial charge >= 0.3 is 0 Å². The van der Waals surface area contributed by atoms with Crippen LogP contribution in [-0.2, 0) is 0 Å². The number of hydrogen-bond donors (Lipinski definition) is 3. The molecule has 0 atom stereocenters. The highest BCUT2D eigenvalue weighted by Gasteiger charge is 2.44. The molecule has 0 aromatic heterocycles. The molecule has 1 saturated heterocycles. The summed E-state index contributed by atoms with van der Waals surface area (Å²) in [5.41, 5.74) is 0.388. The van der Waals surface area contributed by atoms with Crippen molar-refractivity contribution in [1.29, 1.82) is 0 Å². The van der Waals surface area contributed by atoms with Gasteiger partial charge in [-0.3, -0.25) is 0 Å². The van der Waals surface area contributed by atoms with Crippen LogP contribution in [0.2, 0.25) is 0 Å². The van der Waals surface area contributed by atoms with Crippen molar-refractivity contribution in [1.82, 2.24) is 5.32 Å². The number of rotatable bonds is 10. The minimum Gasteiger partial charge on any atom is -0.391 e. The molecule has 3 N–H and O–H groups in total. The lowest BCUT2D eigenvalue weighted by atomic mass is 9.78. The molecule has 0 radical (unpaired) electrons. The normalized spacial score (nSPS) is 21.5. The highest BCUT2D eigenvalue weighted by molar-refractivity contribution is 4.97. The maximum atomic E-state index is 9.28. The Hall–Kier alpha value is -0.200. The van der Waals surface area contributed by atoms with Gasteiger partial charge in [0.05, 0.1) is 53.5 Å². The first kappa shape index (κ1) is 22.8. The van der Waals surface area contributed by atoms with Gasteiger partial charge in [-0.2, -0.15) is 0 Å². The van der Waals surface area contributed by atoms with Crippen molar-refractivity contribution >= 4 is 0 Å². The van der Waals surface area contributed by atoms with Crippen LogP contribution < -0.4 is 5.32 Å². The molecule has 0 saturated carbocycles. The van der Waals surface area contributed by atoms with E-state index in [1.165, 1.54) is 25.8 Å². The minimum absolute atomic E-state index is 0.192.